The van der Waals surface area contributed by atoms with E-state index < -0.39 is 5.92 Å². The second-order valence-electron chi connectivity index (χ2n) is 6.18. The molecule has 0 radical (unpaired) electrons. The minimum absolute atomic E-state index is 0.0666. The van der Waals surface area contributed by atoms with Gasteiger partial charge >= 0.3 is 0 Å². The third kappa shape index (κ3) is 3.68. The van der Waals surface area contributed by atoms with Crippen LogP contribution in [0.15, 0.2) is 48.8 Å². The summed E-state index contributed by atoms with van der Waals surface area (Å²) in [6.45, 7) is 0.327. The normalized spacial score (nSPS) is 19.9. The lowest BCUT2D eigenvalue weighted by Gasteiger charge is -2.24. The molecule has 0 bridgehead atoms. The molecule has 0 aliphatic carbocycles. The maximum Gasteiger partial charge on any atom is 0.226 e. The van der Waals surface area contributed by atoms with Crippen molar-refractivity contribution >= 4 is 11.8 Å². The molecule has 1 fully saturated rings. The van der Waals surface area contributed by atoms with Crippen LogP contribution in [0, 0.1) is 11.7 Å². The Labute approximate surface area is 145 Å². The number of pyridine rings is 1. The number of likely N-dealkylation sites (tertiary alicyclic amines) is 1. The zero-order valence-electron chi connectivity index (χ0n) is 14.0. The Morgan fingerprint density at radius 3 is 2.84 bits per heavy atom. The monoisotopic (exact) mass is 341 g/mol. The Morgan fingerprint density at radius 2 is 2.12 bits per heavy atom. The van der Waals surface area contributed by atoms with Crippen molar-refractivity contribution in [2.75, 3.05) is 13.6 Å². The minimum Gasteiger partial charge on any atom is -0.355 e. The molecular formula is C19H20FN3O2. The molecule has 1 aromatic heterocycles. The Morgan fingerprint density at radius 1 is 1.32 bits per heavy atom. The molecule has 130 valence electrons. The topological polar surface area (TPSA) is 62.3 Å². The van der Waals surface area contributed by atoms with Crippen LogP contribution in [-0.4, -0.2) is 35.3 Å². The SMILES string of the molecule is CN1C(=O)C[C@@H](C(=O)NCCc2ccccc2F)[C@H]1c1cccnc1. The number of nitrogens with zero attached hydrogens (tertiary/aromatic N) is 2. The predicted octanol–water partition coefficient (Wildman–Crippen LogP) is 2.10. The molecule has 6 heteroatoms. The standard InChI is InChI=1S/C19H20FN3O2/c1-23-17(24)11-15(18(23)14-6-4-9-21-12-14)19(25)22-10-8-13-5-2-3-7-16(13)20/h2-7,9,12,15,18H,8,10-11H2,1H3,(H,22,25)/t15-,18-/m1/s1. The van der Waals surface area contributed by atoms with Gasteiger partial charge in [-0.15, -0.1) is 0 Å². The van der Waals surface area contributed by atoms with E-state index in [4.69, 9.17) is 0 Å². The van der Waals surface area contributed by atoms with Crippen molar-refractivity contribution in [1.82, 2.24) is 15.2 Å². The first-order valence-corrected chi connectivity index (χ1v) is 8.24. The summed E-state index contributed by atoms with van der Waals surface area (Å²) >= 11 is 0. The van der Waals surface area contributed by atoms with Crippen LogP contribution in [0.4, 0.5) is 4.39 Å². The van der Waals surface area contributed by atoms with Crippen molar-refractivity contribution in [3.05, 3.63) is 65.7 Å². The van der Waals surface area contributed by atoms with Gasteiger partial charge in [0.2, 0.25) is 11.8 Å². The van der Waals surface area contributed by atoms with Gasteiger partial charge in [0.15, 0.2) is 0 Å². The number of hydrogen-bond acceptors (Lipinski definition) is 3. The Balaban J connectivity index is 1.66. The lowest BCUT2D eigenvalue weighted by molar-refractivity contribution is -0.128. The van der Waals surface area contributed by atoms with Crippen LogP contribution in [-0.2, 0) is 16.0 Å². The molecule has 25 heavy (non-hydrogen) atoms. The molecule has 2 amide bonds. The van der Waals surface area contributed by atoms with Crippen LogP contribution in [0.3, 0.4) is 0 Å². The van der Waals surface area contributed by atoms with E-state index in [1.807, 2.05) is 6.07 Å². The first kappa shape index (κ1) is 17.1. The Bertz CT molecular complexity index is 766. The molecule has 1 aliphatic heterocycles. The number of benzene rings is 1. The predicted molar refractivity (Wildman–Crippen MR) is 91.0 cm³/mol. The largest absolute Gasteiger partial charge is 0.355 e. The number of amides is 2. The molecule has 2 heterocycles. The molecule has 0 unspecified atom stereocenters. The maximum absolute atomic E-state index is 13.6. The number of aromatic nitrogens is 1. The summed E-state index contributed by atoms with van der Waals surface area (Å²) in [6.07, 6.45) is 3.91. The highest BCUT2D eigenvalue weighted by atomic mass is 19.1. The lowest BCUT2D eigenvalue weighted by Crippen LogP contribution is -2.35. The summed E-state index contributed by atoms with van der Waals surface area (Å²) < 4.78 is 13.6. The fraction of sp³-hybridized carbons (Fsp3) is 0.316. The van der Waals surface area contributed by atoms with Gasteiger partial charge in [0.1, 0.15) is 5.82 Å². The molecule has 1 saturated heterocycles. The van der Waals surface area contributed by atoms with Crippen LogP contribution in [0.1, 0.15) is 23.6 Å². The van der Waals surface area contributed by atoms with Crippen LogP contribution in [0.25, 0.3) is 0 Å². The van der Waals surface area contributed by atoms with Crippen molar-refractivity contribution in [2.45, 2.75) is 18.9 Å². The molecule has 0 spiro atoms. The average molecular weight is 341 g/mol. The lowest BCUT2D eigenvalue weighted by atomic mass is 9.94. The number of hydrogen-bond donors (Lipinski definition) is 1. The van der Waals surface area contributed by atoms with E-state index in [0.29, 0.717) is 18.5 Å². The van der Waals surface area contributed by atoms with Gasteiger partial charge in [-0.25, -0.2) is 4.39 Å². The van der Waals surface area contributed by atoms with Gasteiger partial charge < -0.3 is 10.2 Å². The molecule has 1 N–H and O–H groups in total. The molecule has 3 rings (SSSR count). The maximum atomic E-state index is 13.6. The average Bonchev–Trinajstić information content (AvgIpc) is 2.92. The van der Waals surface area contributed by atoms with Crippen molar-refractivity contribution in [1.29, 1.82) is 0 Å². The molecule has 1 aromatic carbocycles. The van der Waals surface area contributed by atoms with Gasteiger partial charge in [-0.05, 0) is 29.7 Å². The summed E-state index contributed by atoms with van der Waals surface area (Å²) in [5, 5.41) is 2.84. The fourth-order valence-corrected chi connectivity index (χ4v) is 3.26. The quantitative estimate of drug-likeness (QED) is 0.906. The summed E-state index contributed by atoms with van der Waals surface area (Å²) in [4.78, 5) is 30.4. The number of carbonyl (C=O) groups excluding carboxylic acids is 2. The molecule has 2 aromatic rings. The number of nitrogens with one attached hydrogen (secondary N) is 1. The highest BCUT2D eigenvalue weighted by Gasteiger charge is 2.42. The van der Waals surface area contributed by atoms with E-state index in [1.54, 1.807) is 48.6 Å². The third-order valence-corrected chi connectivity index (χ3v) is 4.60. The molecular weight excluding hydrogens is 321 g/mol. The third-order valence-electron chi connectivity index (χ3n) is 4.60. The zero-order chi connectivity index (χ0) is 17.8. The van der Waals surface area contributed by atoms with Crippen LogP contribution < -0.4 is 5.32 Å². The van der Waals surface area contributed by atoms with Gasteiger partial charge in [0.25, 0.3) is 0 Å². The van der Waals surface area contributed by atoms with Crippen LogP contribution in [0.5, 0.6) is 0 Å². The minimum atomic E-state index is -0.470. The Hall–Kier alpha value is -2.76. The number of halogens is 1. The number of carbonyl (C=O) groups is 2. The van der Waals surface area contributed by atoms with Crippen molar-refractivity contribution < 1.29 is 14.0 Å². The van der Waals surface area contributed by atoms with Gasteiger partial charge in [0, 0.05) is 32.4 Å². The van der Waals surface area contributed by atoms with E-state index in [-0.39, 0.29) is 30.1 Å². The fourth-order valence-electron chi connectivity index (χ4n) is 3.26. The summed E-state index contributed by atoms with van der Waals surface area (Å²) in [7, 11) is 1.70. The van der Waals surface area contributed by atoms with Crippen molar-refractivity contribution in [3.63, 3.8) is 0 Å². The second-order valence-corrected chi connectivity index (χ2v) is 6.18. The van der Waals surface area contributed by atoms with E-state index in [0.717, 1.165) is 5.56 Å². The Kier molecular flexibility index (Phi) is 5.07. The molecule has 0 saturated carbocycles. The molecule has 1 aliphatic rings. The smallest absolute Gasteiger partial charge is 0.226 e. The highest BCUT2D eigenvalue weighted by Crippen LogP contribution is 2.36. The van der Waals surface area contributed by atoms with Crippen LogP contribution >= 0.6 is 0 Å². The first-order valence-electron chi connectivity index (χ1n) is 8.24. The van der Waals surface area contributed by atoms with Crippen molar-refractivity contribution in [3.8, 4) is 0 Å². The van der Waals surface area contributed by atoms with E-state index >= 15 is 0 Å². The van der Waals surface area contributed by atoms with Gasteiger partial charge in [-0.2, -0.15) is 0 Å². The van der Waals surface area contributed by atoms with Gasteiger partial charge in [-0.1, -0.05) is 24.3 Å². The number of rotatable bonds is 5. The van der Waals surface area contributed by atoms with E-state index in [2.05, 4.69) is 10.3 Å². The summed E-state index contributed by atoms with van der Waals surface area (Å²) in [5.41, 5.74) is 1.40. The second kappa shape index (κ2) is 7.42. The zero-order valence-corrected chi connectivity index (χ0v) is 14.0. The summed E-state index contributed by atoms with van der Waals surface area (Å²) in [6, 6.07) is 9.84. The highest BCUT2D eigenvalue weighted by molar-refractivity contribution is 5.90. The molecule has 5 nitrogen and oxygen atoms in total. The molecule has 2 atom stereocenters. The summed E-state index contributed by atoms with van der Waals surface area (Å²) in [5.74, 6) is -1.01. The van der Waals surface area contributed by atoms with Crippen molar-refractivity contribution in [2.24, 2.45) is 5.92 Å². The van der Waals surface area contributed by atoms with Crippen LogP contribution in [0.2, 0.25) is 0 Å². The first-order chi connectivity index (χ1) is 12.1. The van der Waals surface area contributed by atoms with E-state index in [1.165, 1.54) is 6.07 Å². The van der Waals surface area contributed by atoms with Gasteiger partial charge in [-0.3, -0.25) is 14.6 Å². The van der Waals surface area contributed by atoms with Gasteiger partial charge in [0.05, 0.1) is 12.0 Å². The van der Waals surface area contributed by atoms with E-state index in [9.17, 15) is 14.0 Å².